The predicted molar refractivity (Wildman–Crippen MR) is 85.0 cm³/mol. The van der Waals surface area contributed by atoms with Crippen LogP contribution in [0.3, 0.4) is 0 Å². The molecular formula is C16H16N2O2S. The maximum Gasteiger partial charge on any atom is 0.253 e. The summed E-state index contributed by atoms with van der Waals surface area (Å²) in [5.74, 6) is 0.754. The average Bonchev–Trinajstić information content (AvgIpc) is 2.83. The first kappa shape index (κ1) is 13.8. The van der Waals surface area contributed by atoms with Crippen molar-refractivity contribution in [1.82, 2.24) is 5.32 Å². The molecule has 0 aliphatic carbocycles. The Morgan fingerprint density at radius 1 is 1.24 bits per heavy atom. The topological polar surface area (TPSA) is 41.6 Å². The standard InChI is InChI=1S/C16H16N2O2S/c1-18-13-9-8-12(20-2)10-14(13)21-16(18)17-15(19)11-6-4-3-5-7-11/h3-10,16H,1-2H3,(H,17,19). The number of carbonyl (C=O) groups excluding carboxylic acids is 1. The molecule has 0 spiro atoms. The number of hydrogen-bond donors (Lipinski definition) is 1. The molecule has 5 heteroatoms. The molecule has 2 aromatic rings. The fraction of sp³-hybridized carbons (Fsp3) is 0.188. The van der Waals surface area contributed by atoms with Crippen LogP contribution in [0.2, 0.25) is 0 Å². The quantitative estimate of drug-likeness (QED) is 0.946. The zero-order valence-corrected chi connectivity index (χ0v) is 12.7. The molecule has 0 fully saturated rings. The van der Waals surface area contributed by atoms with Gasteiger partial charge in [-0.1, -0.05) is 30.0 Å². The van der Waals surface area contributed by atoms with E-state index in [9.17, 15) is 4.79 Å². The van der Waals surface area contributed by atoms with Crippen LogP contribution < -0.4 is 15.0 Å². The van der Waals surface area contributed by atoms with E-state index in [0.717, 1.165) is 16.3 Å². The van der Waals surface area contributed by atoms with Crippen LogP contribution >= 0.6 is 11.8 Å². The van der Waals surface area contributed by atoms with Crippen molar-refractivity contribution in [3.05, 3.63) is 54.1 Å². The summed E-state index contributed by atoms with van der Waals surface area (Å²) in [7, 11) is 3.63. The second kappa shape index (κ2) is 5.69. The molecular weight excluding hydrogens is 284 g/mol. The van der Waals surface area contributed by atoms with Gasteiger partial charge in [0.05, 0.1) is 12.8 Å². The molecule has 0 saturated carbocycles. The molecule has 1 unspecified atom stereocenters. The largest absolute Gasteiger partial charge is 0.497 e. The Bertz CT molecular complexity index is 661. The summed E-state index contributed by atoms with van der Waals surface area (Å²) in [6, 6.07) is 15.2. The molecule has 1 amide bonds. The van der Waals surface area contributed by atoms with E-state index >= 15 is 0 Å². The molecule has 3 rings (SSSR count). The first-order valence-corrected chi connectivity index (χ1v) is 7.50. The van der Waals surface area contributed by atoms with Crippen molar-refractivity contribution < 1.29 is 9.53 Å². The van der Waals surface area contributed by atoms with E-state index in [4.69, 9.17) is 4.74 Å². The van der Waals surface area contributed by atoms with Crippen molar-refractivity contribution >= 4 is 23.4 Å². The van der Waals surface area contributed by atoms with Crippen LogP contribution in [-0.4, -0.2) is 25.6 Å². The first-order valence-electron chi connectivity index (χ1n) is 6.62. The van der Waals surface area contributed by atoms with Gasteiger partial charge in [-0.05, 0) is 30.3 Å². The number of ether oxygens (including phenoxy) is 1. The highest BCUT2D eigenvalue weighted by Gasteiger charge is 2.29. The van der Waals surface area contributed by atoms with Gasteiger partial charge in [-0.2, -0.15) is 0 Å². The third-order valence-electron chi connectivity index (χ3n) is 3.43. The smallest absolute Gasteiger partial charge is 0.253 e. The van der Waals surface area contributed by atoms with E-state index in [-0.39, 0.29) is 11.4 Å². The van der Waals surface area contributed by atoms with Crippen LogP contribution in [0.4, 0.5) is 5.69 Å². The summed E-state index contributed by atoms with van der Waals surface area (Å²) >= 11 is 1.61. The minimum atomic E-state index is -0.111. The van der Waals surface area contributed by atoms with Crippen LogP contribution in [0.1, 0.15) is 10.4 Å². The fourth-order valence-electron chi connectivity index (χ4n) is 2.24. The number of benzene rings is 2. The third kappa shape index (κ3) is 2.69. The summed E-state index contributed by atoms with van der Waals surface area (Å²) in [6.45, 7) is 0. The van der Waals surface area contributed by atoms with Crippen LogP contribution in [0.15, 0.2) is 53.4 Å². The zero-order valence-electron chi connectivity index (χ0n) is 11.9. The minimum Gasteiger partial charge on any atom is -0.497 e. The number of nitrogens with zero attached hydrogens (tertiary/aromatic N) is 1. The molecule has 1 aliphatic heterocycles. The average molecular weight is 300 g/mol. The number of amides is 1. The summed E-state index contributed by atoms with van der Waals surface area (Å²) in [4.78, 5) is 15.4. The first-order chi connectivity index (χ1) is 10.2. The van der Waals surface area contributed by atoms with Gasteiger partial charge in [-0.3, -0.25) is 4.79 Å². The SMILES string of the molecule is COc1ccc2c(c1)SC(NC(=O)c1ccccc1)N2C. The number of nitrogens with one attached hydrogen (secondary N) is 1. The fourth-order valence-corrected chi connectivity index (χ4v) is 3.44. The van der Waals surface area contributed by atoms with Gasteiger partial charge >= 0.3 is 0 Å². The van der Waals surface area contributed by atoms with Gasteiger partial charge in [0.15, 0.2) is 5.50 Å². The van der Waals surface area contributed by atoms with Gasteiger partial charge in [0.25, 0.3) is 5.91 Å². The molecule has 4 nitrogen and oxygen atoms in total. The molecule has 21 heavy (non-hydrogen) atoms. The molecule has 2 aromatic carbocycles. The third-order valence-corrected chi connectivity index (χ3v) is 4.67. The van der Waals surface area contributed by atoms with E-state index in [1.807, 2.05) is 55.6 Å². The highest BCUT2D eigenvalue weighted by molar-refractivity contribution is 8.00. The van der Waals surface area contributed by atoms with Gasteiger partial charge in [-0.25, -0.2) is 0 Å². The van der Waals surface area contributed by atoms with E-state index in [1.165, 1.54) is 0 Å². The van der Waals surface area contributed by atoms with Crippen molar-refractivity contribution in [2.24, 2.45) is 0 Å². The Kier molecular flexibility index (Phi) is 3.75. The molecule has 108 valence electrons. The predicted octanol–water partition coefficient (Wildman–Crippen LogP) is 2.95. The number of thioether (sulfide) groups is 1. The van der Waals surface area contributed by atoms with Crippen molar-refractivity contribution in [2.75, 3.05) is 19.1 Å². The lowest BCUT2D eigenvalue weighted by Gasteiger charge is -2.22. The summed E-state index contributed by atoms with van der Waals surface area (Å²) in [5.41, 5.74) is 1.65. The second-order valence-corrected chi connectivity index (χ2v) is 5.88. The molecule has 0 saturated heterocycles. The van der Waals surface area contributed by atoms with Crippen molar-refractivity contribution in [2.45, 2.75) is 10.4 Å². The van der Waals surface area contributed by atoms with Crippen LogP contribution in [0, 0.1) is 0 Å². The number of methoxy groups -OCH3 is 1. The van der Waals surface area contributed by atoms with Crippen LogP contribution in [-0.2, 0) is 0 Å². The van der Waals surface area contributed by atoms with Crippen molar-refractivity contribution in [3.8, 4) is 5.75 Å². The molecule has 1 heterocycles. The van der Waals surface area contributed by atoms with E-state index in [1.54, 1.807) is 18.9 Å². The molecule has 1 atom stereocenters. The zero-order chi connectivity index (χ0) is 14.8. The molecule has 0 radical (unpaired) electrons. The molecule has 0 bridgehead atoms. The highest BCUT2D eigenvalue weighted by atomic mass is 32.2. The summed E-state index contributed by atoms with van der Waals surface area (Å²) in [5, 5.41) is 3.04. The number of anilines is 1. The van der Waals surface area contributed by atoms with Crippen LogP contribution in [0.5, 0.6) is 5.75 Å². The van der Waals surface area contributed by atoms with Crippen molar-refractivity contribution in [3.63, 3.8) is 0 Å². The second-order valence-electron chi connectivity index (χ2n) is 4.75. The maximum absolute atomic E-state index is 12.2. The van der Waals surface area contributed by atoms with Gasteiger partial charge in [0.1, 0.15) is 5.75 Å². The van der Waals surface area contributed by atoms with Gasteiger partial charge in [-0.15, -0.1) is 0 Å². The lowest BCUT2D eigenvalue weighted by Crippen LogP contribution is -2.41. The number of fused-ring (bicyclic) bond motifs is 1. The van der Waals surface area contributed by atoms with Crippen LogP contribution in [0.25, 0.3) is 0 Å². The molecule has 1 N–H and O–H groups in total. The lowest BCUT2D eigenvalue weighted by atomic mass is 10.2. The molecule has 1 aliphatic rings. The highest BCUT2D eigenvalue weighted by Crippen LogP contribution is 2.43. The minimum absolute atomic E-state index is 0.0697. The van der Waals surface area contributed by atoms with Gasteiger partial charge in [0, 0.05) is 17.5 Å². The van der Waals surface area contributed by atoms with Crippen molar-refractivity contribution in [1.29, 1.82) is 0 Å². The number of hydrogen-bond acceptors (Lipinski definition) is 4. The lowest BCUT2D eigenvalue weighted by molar-refractivity contribution is 0.0950. The Morgan fingerprint density at radius 2 is 2.00 bits per heavy atom. The monoisotopic (exact) mass is 300 g/mol. The van der Waals surface area contributed by atoms with E-state index in [2.05, 4.69) is 10.2 Å². The Hall–Kier alpha value is -2.14. The Labute approximate surface area is 128 Å². The van der Waals surface area contributed by atoms with Gasteiger partial charge < -0.3 is 15.0 Å². The Morgan fingerprint density at radius 3 is 2.71 bits per heavy atom. The molecule has 0 aromatic heterocycles. The normalized spacial score (nSPS) is 16.5. The summed E-state index contributed by atoms with van der Waals surface area (Å²) in [6.07, 6.45) is 0. The van der Waals surface area contributed by atoms with E-state index in [0.29, 0.717) is 5.56 Å². The number of rotatable bonds is 3. The summed E-state index contributed by atoms with van der Waals surface area (Å²) < 4.78 is 5.24. The number of carbonyl (C=O) groups is 1. The van der Waals surface area contributed by atoms with Gasteiger partial charge in [0.2, 0.25) is 0 Å². The Balaban J connectivity index is 1.75. The van der Waals surface area contributed by atoms with E-state index < -0.39 is 0 Å². The maximum atomic E-state index is 12.2.